The Hall–Kier alpha value is -1.30. The van der Waals surface area contributed by atoms with Crippen molar-refractivity contribution in [1.29, 1.82) is 0 Å². The number of carbonyl (C=O) groups is 2. The molecule has 1 unspecified atom stereocenters. The van der Waals surface area contributed by atoms with Gasteiger partial charge in [0.25, 0.3) is 0 Å². The number of carboxylic acids is 1. The largest absolute Gasteiger partial charge is 0.480 e. The summed E-state index contributed by atoms with van der Waals surface area (Å²) < 4.78 is 5.51. The molecule has 1 heterocycles. The highest BCUT2D eigenvalue weighted by Gasteiger charge is 2.42. The van der Waals surface area contributed by atoms with Crippen LogP contribution in [-0.4, -0.2) is 41.9 Å². The van der Waals surface area contributed by atoms with Crippen molar-refractivity contribution in [3.63, 3.8) is 0 Å². The summed E-state index contributed by atoms with van der Waals surface area (Å²) in [5.41, 5.74) is -1.07. The van der Waals surface area contributed by atoms with E-state index in [0.717, 1.165) is 38.7 Å². The Morgan fingerprint density at radius 1 is 1.21 bits per heavy atom. The van der Waals surface area contributed by atoms with Crippen LogP contribution in [-0.2, 0) is 9.53 Å². The first-order valence-corrected chi connectivity index (χ1v) is 7.03. The molecule has 2 amide bonds. The second-order valence-electron chi connectivity index (χ2n) is 5.42. The summed E-state index contributed by atoms with van der Waals surface area (Å²) in [7, 11) is 0. The Balaban J connectivity index is 1.78. The quantitative estimate of drug-likeness (QED) is 0.717. The van der Waals surface area contributed by atoms with Crippen molar-refractivity contribution in [1.82, 2.24) is 10.6 Å². The minimum absolute atomic E-state index is 0.0591. The summed E-state index contributed by atoms with van der Waals surface area (Å²) >= 11 is 0. The van der Waals surface area contributed by atoms with Gasteiger partial charge in [-0.05, 0) is 32.1 Å². The van der Waals surface area contributed by atoms with Gasteiger partial charge < -0.3 is 20.5 Å². The van der Waals surface area contributed by atoms with Crippen LogP contribution in [0.4, 0.5) is 4.79 Å². The monoisotopic (exact) mass is 270 g/mol. The molecule has 0 spiro atoms. The molecule has 2 fully saturated rings. The van der Waals surface area contributed by atoms with Gasteiger partial charge >= 0.3 is 12.0 Å². The summed E-state index contributed by atoms with van der Waals surface area (Å²) in [5.74, 6) is -0.936. The zero-order valence-corrected chi connectivity index (χ0v) is 11.1. The van der Waals surface area contributed by atoms with E-state index in [-0.39, 0.29) is 6.10 Å². The van der Waals surface area contributed by atoms with Gasteiger partial charge in [0.2, 0.25) is 0 Å². The van der Waals surface area contributed by atoms with Gasteiger partial charge in [0.1, 0.15) is 5.54 Å². The molecule has 0 bridgehead atoms. The number of urea groups is 1. The van der Waals surface area contributed by atoms with Crippen LogP contribution in [0.2, 0.25) is 0 Å². The van der Waals surface area contributed by atoms with Crippen LogP contribution < -0.4 is 10.6 Å². The van der Waals surface area contributed by atoms with Crippen molar-refractivity contribution >= 4 is 12.0 Å². The standard InChI is InChI=1S/C13H22N2O4/c16-11(17)13(6-2-3-7-13)15-12(18)14-9-10-5-1-4-8-19-10/h10H,1-9H2,(H,16,17)(H2,14,15,18). The van der Waals surface area contributed by atoms with Crippen molar-refractivity contribution in [2.75, 3.05) is 13.2 Å². The Bertz CT molecular complexity index is 334. The van der Waals surface area contributed by atoms with Gasteiger partial charge in [-0.2, -0.15) is 0 Å². The molecule has 0 aromatic carbocycles. The molecular weight excluding hydrogens is 248 g/mol. The average Bonchev–Trinajstić information content (AvgIpc) is 2.87. The van der Waals surface area contributed by atoms with Crippen LogP contribution >= 0.6 is 0 Å². The smallest absolute Gasteiger partial charge is 0.329 e. The van der Waals surface area contributed by atoms with Gasteiger partial charge in [0.05, 0.1) is 6.10 Å². The molecule has 0 aromatic rings. The van der Waals surface area contributed by atoms with Crippen LogP contribution in [0, 0.1) is 0 Å². The molecule has 1 saturated heterocycles. The van der Waals surface area contributed by atoms with Crippen LogP contribution in [0.3, 0.4) is 0 Å². The van der Waals surface area contributed by atoms with Crippen LogP contribution in [0.1, 0.15) is 44.9 Å². The molecule has 1 atom stereocenters. The third-order valence-electron chi connectivity index (χ3n) is 3.98. The molecule has 3 N–H and O–H groups in total. The van der Waals surface area contributed by atoms with E-state index in [1.807, 2.05) is 0 Å². The molecule has 2 aliphatic rings. The lowest BCUT2D eigenvalue weighted by atomic mass is 9.98. The number of carbonyl (C=O) groups excluding carboxylic acids is 1. The number of nitrogens with one attached hydrogen (secondary N) is 2. The van der Waals surface area contributed by atoms with Crippen molar-refractivity contribution in [2.45, 2.75) is 56.6 Å². The van der Waals surface area contributed by atoms with Gasteiger partial charge in [-0.1, -0.05) is 12.8 Å². The number of hydrogen-bond donors (Lipinski definition) is 3. The predicted molar refractivity (Wildman–Crippen MR) is 69.0 cm³/mol. The second kappa shape index (κ2) is 6.23. The van der Waals surface area contributed by atoms with E-state index in [1.165, 1.54) is 0 Å². The number of amides is 2. The van der Waals surface area contributed by atoms with Crippen LogP contribution in [0.25, 0.3) is 0 Å². The molecular formula is C13H22N2O4. The minimum Gasteiger partial charge on any atom is -0.480 e. The van der Waals surface area contributed by atoms with Crippen molar-refractivity contribution < 1.29 is 19.4 Å². The number of aliphatic carboxylic acids is 1. The number of ether oxygens (including phenoxy) is 1. The van der Waals surface area contributed by atoms with Crippen molar-refractivity contribution in [3.8, 4) is 0 Å². The van der Waals surface area contributed by atoms with E-state index in [1.54, 1.807) is 0 Å². The van der Waals surface area contributed by atoms with E-state index in [2.05, 4.69) is 10.6 Å². The predicted octanol–water partition coefficient (Wildman–Crippen LogP) is 1.25. The molecule has 1 saturated carbocycles. The first kappa shape index (κ1) is 14.1. The van der Waals surface area contributed by atoms with Gasteiger partial charge in [-0.3, -0.25) is 0 Å². The van der Waals surface area contributed by atoms with Crippen molar-refractivity contribution in [2.24, 2.45) is 0 Å². The number of hydrogen-bond acceptors (Lipinski definition) is 3. The van der Waals surface area contributed by atoms with Gasteiger partial charge in [0, 0.05) is 13.2 Å². The third-order valence-corrected chi connectivity index (χ3v) is 3.98. The van der Waals surface area contributed by atoms with Crippen LogP contribution in [0.5, 0.6) is 0 Å². The minimum atomic E-state index is -1.07. The van der Waals surface area contributed by atoms with E-state index in [9.17, 15) is 14.7 Å². The lowest BCUT2D eigenvalue weighted by Crippen LogP contribution is -2.56. The number of carboxylic acid groups (broad SMARTS) is 1. The fourth-order valence-corrected chi connectivity index (χ4v) is 2.81. The SMILES string of the molecule is O=C(NCC1CCCCO1)NC1(C(=O)O)CCCC1. The molecule has 6 nitrogen and oxygen atoms in total. The highest BCUT2D eigenvalue weighted by Crippen LogP contribution is 2.29. The Kier molecular flexibility index (Phi) is 4.63. The van der Waals surface area contributed by atoms with Crippen molar-refractivity contribution in [3.05, 3.63) is 0 Å². The zero-order chi connectivity index (χ0) is 13.7. The third kappa shape index (κ3) is 3.59. The molecule has 0 aromatic heterocycles. The lowest BCUT2D eigenvalue weighted by molar-refractivity contribution is -0.144. The molecule has 0 radical (unpaired) electrons. The summed E-state index contributed by atoms with van der Waals surface area (Å²) in [6, 6.07) is -0.404. The van der Waals surface area contributed by atoms with Crippen LogP contribution in [0.15, 0.2) is 0 Å². The molecule has 2 rings (SSSR count). The fraction of sp³-hybridized carbons (Fsp3) is 0.846. The zero-order valence-electron chi connectivity index (χ0n) is 11.1. The summed E-state index contributed by atoms with van der Waals surface area (Å²) in [6.45, 7) is 1.19. The Morgan fingerprint density at radius 3 is 2.53 bits per heavy atom. The van der Waals surface area contributed by atoms with E-state index in [4.69, 9.17) is 4.74 Å². The summed E-state index contributed by atoms with van der Waals surface area (Å²) in [6.07, 6.45) is 5.91. The lowest BCUT2D eigenvalue weighted by Gasteiger charge is -2.27. The summed E-state index contributed by atoms with van der Waals surface area (Å²) in [4.78, 5) is 23.1. The van der Waals surface area contributed by atoms with Gasteiger partial charge in [0.15, 0.2) is 0 Å². The molecule has 108 valence electrons. The Labute approximate surface area is 112 Å². The fourth-order valence-electron chi connectivity index (χ4n) is 2.81. The molecule has 6 heteroatoms. The number of rotatable bonds is 4. The summed E-state index contributed by atoms with van der Waals surface area (Å²) in [5, 5.41) is 14.6. The Morgan fingerprint density at radius 2 is 1.95 bits per heavy atom. The first-order valence-electron chi connectivity index (χ1n) is 7.03. The molecule has 1 aliphatic carbocycles. The molecule has 19 heavy (non-hydrogen) atoms. The van der Waals surface area contributed by atoms with E-state index >= 15 is 0 Å². The van der Waals surface area contributed by atoms with E-state index in [0.29, 0.717) is 19.4 Å². The average molecular weight is 270 g/mol. The maximum atomic E-state index is 11.8. The van der Waals surface area contributed by atoms with E-state index < -0.39 is 17.5 Å². The molecule has 1 aliphatic heterocycles. The maximum Gasteiger partial charge on any atom is 0.329 e. The second-order valence-corrected chi connectivity index (χ2v) is 5.42. The van der Waals surface area contributed by atoms with Gasteiger partial charge in [-0.25, -0.2) is 9.59 Å². The maximum absolute atomic E-state index is 11.8. The normalized spacial score (nSPS) is 25.8. The first-order chi connectivity index (χ1) is 9.12. The topological polar surface area (TPSA) is 87.7 Å². The highest BCUT2D eigenvalue weighted by molar-refractivity contribution is 5.86. The highest BCUT2D eigenvalue weighted by atomic mass is 16.5. The van der Waals surface area contributed by atoms with Gasteiger partial charge in [-0.15, -0.1) is 0 Å².